The van der Waals surface area contributed by atoms with Crippen LogP contribution in [0.4, 0.5) is 10.5 Å². The van der Waals surface area contributed by atoms with Crippen LogP contribution in [0.2, 0.25) is 0 Å². The summed E-state index contributed by atoms with van der Waals surface area (Å²) in [7, 11) is 3.12. The number of nitriles is 1. The summed E-state index contributed by atoms with van der Waals surface area (Å²) in [5.74, 6) is 2.08. The molecule has 0 aromatic heterocycles. The Morgan fingerprint density at radius 1 is 0.972 bits per heavy atom. The lowest BCUT2D eigenvalue weighted by atomic mass is 10.1. The van der Waals surface area contributed by atoms with Crippen LogP contribution in [0.3, 0.4) is 0 Å². The molecule has 3 aliphatic rings. The molecule has 0 bridgehead atoms. The average Bonchev–Trinajstić information content (AvgIpc) is 3.29. The highest BCUT2D eigenvalue weighted by atomic mass is 16.5. The van der Waals surface area contributed by atoms with Gasteiger partial charge in [0.15, 0.2) is 11.5 Å². The van der Waals surface area contributed by atoms with Crippen molar-refractivity contribution in [2.24, 2.45) is 4.99 Å². The normalized spacial score (nSPS) is 19.6. The maximum atomic E-state index is 12.9. The van der Waals surface area contributed by atoms with Gasteiger partial charge >= 0.3 is 6.03 Å². The number of morpholine rings is 1. The molecule has 196 valence electrons. The van der Waals surface area contributed by atoms with Crippen LogP contribution in [0.1, 0.15) is 44.6 Å². The van der Waals surface area contributed by atoms with Gasteiger partial charge in [0.05, 0.1) is 39.2 Å². The molecule has 2 heterocycles. The Balaban J connectivity index is 1.54. The second kappa shape index (κ2) is 12.2. The van der Waals surface area contributed by atoms with E-state index in [4.69, 9.17) is 23.9 Å². The maximum Gasteiger partial charge on any atom is 0.320 e. The van der Waals surface area contributed by atoms with Crippen molar-refractivity contribution in [3.8, 4) is 23.3 Å². The third kappa shape index (κ3) is 5.78. The van der Waals surface area contributed by atoms with Gasteiger partial charge in [-0.15, -0.1) is 0 Å². The van der Waals surface area contributed by atoms with E-state index in [0.29, 0.717) is 74.4 Å². The Kier molecular flexibility index (Phi) is 8.75. The highest BCUT2D eigenvalue weighted by molar-refractivity contribution is 5.85. The zero-order valence-electron chi connectivity index (χ0n) is 21.6. The molecular formula is C26H37N5O5. The number of hydrogen-bond acceptors (Lipinski definition) is 7. The summed E-state index contributed by atoms with van der Waals surface area (Å²) in [6.45, 7) is 7.19. The van der Waals surface area contributed by atoms with Crippen molar-refractivity contribution in [3.05, 3.63) is 11.6 Å². The fourth-order valence-electron chi connectivity index (χ4n) is 5.06. The van der Waals surface area contributed by atoms with E-state index < -0.39 is 0 Å². The number of hydrogen-bond donors (Lipinski definition) is 0. The third-order valence-electron chi connectivity index (χ3n) is 7.09. The number of amides is 2. The fraction of sp³-hybridized carbons (Fsp3) is 0.654. The second-order valence-corrected chi connectivity index (χ2v) is 9.34. The maximum absolute atomic E-state index is 12.9. The Morgan fingerprint density at radius 3 is 2.31 bits per heavy atom. The molecule has 0 atom stereocenters. The van der Waals surface area contributed by atoms with Gasteiger partial charge in [-0.3, -0.25) is 0 Å². The summed E-state index contributed by atoms with van der Waals surface area (Å²) in [5, 5.41) is 10.1. The minimum Gasteiger partial charge on any atom is -0.493 e. The first kappa shape index (κ1) is 25.9. The lowest BCUT2D eigenvalue weighted by molar-refractivity contribution is 0.0437. The molecule has 4 rings (SSSR count). The minimum atomic E-state index is 0.0524. The SMILES string of the molecule is COc1cc(N=C(C)N2CCCN(C(=O)N3CCOCC3)CC2)c(C#N)c(OC2CCCC2)c1OC. The number of rotatable bonds is 5. The van der Waals surface area contributed by atoms with Gasteiger partial charge in [0.1, 0.15) is 17.5 Å². The van der Waals surface area contributed by atoms with Crippen molar-refractivity contribution in [1.82, 2.24) is 14.7 Å². The van der Waals surface area contributed by atoms with E-state index in [2.05, 4.69) is 11.0 Å². The minimum absolute atomic E-state index is 0.0524. The van der Waals surface area contributed by atoms with Crippen LogP contribution in [0.15, 0.2) is 11.1 Å². The number of ether oxygens (including phenoxy) is 4. The summed E-state index contributed by atoms with van der Waals surface area (Å²) in [6.07, 6.45) is 5.03. The zero-order valence-corrected chi connectivity index (χ0v) is 21.6. The molecule has 1 aromatic rings. The van der Waals surface area contributed by atoms with Crippen molar-refractivity contribution < 1.29 is 23.7 Å². The van der Waals surface area contributed by atoms with E-state index in [0.717, 1.165) is 44.5 Å². The van der Waals surface area contributed by atoms with E-state index in [1.165, 1.54) is 0 Å². The molecule has 3 fully saturated rings. The number of urea groups is 1. The van der Waals surface area contributed by atoms with Crippen LogP contribution in [-0.4, -0.2) is 99.4 Å². The monoisotopic (exact) mass is 499 g/mol. The molecule has 2 aliphatic heterocycles. The molecule has 0 unspecified atom stereocenters. The number of nitrogens with zero attached hydrogens (tertiary/aromatic N) is 5. The number of amidine groups is 1. The first-order chi connectivity index (χ1) is 17.5. The Labute approximate surface area is 213 Å². The predicted molar refractivity (Wildman–Crippen MR) is 135 cm³/mol. The van der Waals surface area contributed by atoms with Crippen LogP contribution in [-0.2, 0) is 4.74 Å². The van der Waals surface area contributed by atoms with E-state index in [1.807, 2.05) is 16.7 Å². The van der Waals surface area contributed by atoms with Crippen LogP contribution in [0.25, 0.3) is 0 Å². The molecule has 10 heteroatoms. The summed E-state index contributed by atoms with van der Waals surface area (Å²) in [5.41, 5.74) is 0.837. The standard InChI is InChI=1S/C26H37N5O5/c1-19(29-9-6-10-30(12-11-29)26(32)31-13-15-35-16-14-31)28-22-17-23(33-2)25(34-3)24(21(22)18-27)36-20-7-4-5-8-20/h17,20H,4-16H2,1-3H3. The summed E-state index contributed by atoms with van der Waals surface area (Å²) in [6, 6.07) is 4.10. The lowest BCUT2D eigenvalue weighted by Crippen LogP contribution is -2.49. The number of aliphatic imine (C=N–C) groups is 1. The van der Waals surface area contributed by atoms with Gasteiger partial charge in [-0.05, 0) is 39.0 Å². The molecule has 0 radical (unpaired) electrons. The van der Waals surface area contributed by atoms with E-state index in [9.17, 15) is 10.1 Å². The van der Waals surface area contributed by atoms with Gasteiger partial charge in [0, 0.05) is 45.3 Å². The summed E-state index contributed by atoms with van der Waals surface area (Å²) in [4.78, 5) is 23.7. The molecule has 1 saturated carbocycles. The molecule has 2 saturated heterocycles. The Morgan fingerprint density at radius 2 is 1.64 bits per heavy atom. The van der Waals surface area contributed by atoms with Crippen molar-refractivity contribution >= 4 is 17.6 Å². The van der Waals surface area contributed by atoms with Gasteiger partial charge < -0.3 is 33.6 Å². The van der Waals surface area contributed by atoms with Gasteiger partial charge in [-0.1, -0.05) is 0 Å². The Hall–Kier alpha value is -3.19. The molecule has 36 heavy (non-hydrogen) atoms. The van der Waals surface area contributed by atoms with E-state index in [1.54, 1.807) is 20.3 Å². The van der Waals surface area contributed by atoms with Gasteiger partial charge in [0.2, 0.25) is 5.75 Å². The highest BCUT2D eigenvalue weighted by Crippen LogP contribution is 2.46. The fourth-order valence-corrected chi connectivity index (χ4v) is 5.06. The van der Waals surface area contributed by atoms with Crippen molar-refractivity contribution in [2.45, 2.75) is 45.1 Å². The van der Waals surface area contributed by atoms with Crippen LogP contribution in [0.5, 0.6) is 17.2 Å². The molecule has 1 aromatic carbocycles. The second-order valence-electron chi connectivity index (χ2n) is 9.34. The molecule has 1 aliphatic carbocycles. The predicted octanol–water partition coefficient (Wildman–Crippen LogP) is 3.41. The summed E-state index contributed by atoms with van der Waals surface area (Å²) >= 11 is 0. The Bertz CT molecular complexity index is 995. The molecule has 0 spiro atoms. The number of benzene rings is 1. The quantitative estimate of drug-likeness (QED) is 0.452. The molecule has 10 nitrogen and oxygen atoms in total. The highest BCUT2D eigenvalue weighted by Gasteiger charge is 2.28. The number of methoxy groups -OCH3 is 2. The van der Waals surface area contributed by atoms with Gasteiger partial charge in [-0.25, -0.2) is 9.79 Å². The zero-order chi connectivity index (χ0) is 25.5. The number of carbonyl (C=O) groups is 1. The molecule has 0 N–H and O–H groups in total. The van der Waals surface area contributed by atoms with Crippen LogP contribution < -0.4 is 14.2 Å². The van der Waals surface area contributed by atoms with Crippen molar-refractivity contribution in [1.29, 1.82) is 5.26 Å². The van der Waals surface area contributed by atoms with Gasteiger partial charge in [-0.2, -0.15) is 5.26 Å². The topological polar surface area (TPSA) is 99.9 Å². The molecular weight excluding hydrogens is 462 g/mol. The average molecular weight is 500 g/mol. The summed E-state index contributed by atoms with van der Waals surface area (Å²) < 4.78 is 22.8. The van der Waals surface area contributed by atoms with Gasteiger partial charge in [0.25, 0.3) is 0 Å². The lowest BCUT2D eigenvalue weighted by Gasteiger charge is -2.32. The van der Waals surface area contributed by atoms with E-state index in [-0.39, 0.29) is 12.1 Å². The first-order valence-corrected chi connectivity index (χ1v) is 12.8. The van der Waals surface area contributed by atoms with Crippen molar-refractivity contribution in [3.63, 3.8) is 0 Å². The number of carbonyl (C=O) groups excluding carboxylic acids is 1. The van der Waals surface area contributed by atoms with Crippen molar-refractivity contribution in [2.75, 3.05) is 66.7 Å². The smallest absolute Gasteiger partial charge is 0.320 e. The third-order valence-corrected chi connectivity index (χ3v) is 7.09. The van der Waals surface area contributed by atoms with E-state index >= 15 is 0 Å². The molecule has 2 amide bonds. The first-order valence-electron chi connectivity index (χ1n) is 12.8. The van der Waals surface area contributed by atoms with Crippen LogP contribution >= 0.6 is 0 Å². The largest absolute Gasteiger partial charge is 0.493 e. The van der Waals surface area contributed by atoms with Crippen LogP contribution in [0, 0.1) is 11.3 Å².